The number of amides is 1. The van der Waals surface area contributed by atoms with Gasteiger partial charge >= 0.3 is 0 Å². The maximum absolute atomic E-state index is 13.7. The lowest BCUT2D eigenvalue weighted by Gasteiger charge is -2.24. The van der Waals surface area contributed by atoms with Crippen LogP contribution >= 0.6 is 11.3 Å². The lowest BCUT2D eigenvalue weighted by atomic mass is 10.2. The maximum atomic E-state index is 13.7. The van der Waals surface area contributed by atoms with Gasteiger partial charge in [0.25, 0.3) is 0 Å². The van der Waals surface area contributed by atoms with Crippen LogP contribution in [-0.2, 0) is 11.3 Å². The van der Waals surface area contributed by atoms with Crippen LogP contribution in [0.1, 0.15) is 11.3 Å². The van der Waals surface area contributed by atoms with E-state index >= 15 is 0 Å². The molecule has 4 nitrogen and oxygen atoms in total. The molecular weight excluding hydrogens is 363 g/mol. The van der Waals surface area contributed by atoms with Crippen molar-refractivity contribution < 1.29 is 13.9 Å². The minimum Gasteiger partial charge on any atom is -0.497 e. The highest BCUT2D eigenvalue weighted by Gasteiger charge is 2.12. The highest BCUT2D eigenvalue weighted by Crippen LogP contribution is 2.23. The molecule has 1 heterocycles. The molecule has 140 valence electrons. The van der Waals surface area contributed by atoms with E-state index in [0.29, 0.717) is 13.1 Å². The molecule has 1 N–H and O–H groups in total. The smallest absolute Gasteiger partial charge is 0.226 e. The number of halogens is 1. The molecule has 0 atom stereocenters. The predicted octanol–water partition coefficient (Wildman–Crippen LogP) is 4.93. The van der Waals surface area contributed by atoms with Crippen molar-refractivity contribution in [3.05, 3.63) is 76.7 Å². The Morgan fingerprint density at radius 1 is 1.11 bits per heavy atom. The first-order valence-electron chi connectivity index (χ1n) is 8.61. The van der Waals surface area contributed by atoms with Crippen LogP contribution in [0, 0.1) is 5.82 Å². The Morgan fingerprint density at radius 3 is 2.56 bits per heavy atom. The van der Waals surface area contributed by atoms with Crippen molar-refractivity contribution >= 4 is 28.6 Å². The molecule has 0 aliphatic heterocycles. The van der Waals surface area contributed by atoms with Gasteiger partial charge in [0.15, 0.2) is 0 Å². The molecule has 0 unspecified atom stereocenters. The number of nitrogens with one attached hydrogen (secondary N) is 1. The molecule has 0 aliphatic carbocycles. The van der Waals surface area contributed by atoms with Gasteiger partial charge in [-0.05, 0) is 47.8 Å². The van der Waals surface area contributed by atoms with Gasteiger partial charge in [-0.25, -0.2) is 4.39 Å². The molecule has 3 rings (SSSR count). The Hall–Kier alpha value is -2.86. The number of hydrogen-bond acceptors (Lipinski definition) is 4. The molecule has 1 amide bonds. The fourth-order valence-electron chi connectivity index (χ4n) is 2.69. The van der Waals surface area contributed by atoms with Gasteiger partial charge in [-0.1, -0.05) is 18.2 Å². The molecule has 0 radical (unpaired) electrons. The summed E-state index contributed by atoms with van der Waals surface area (Å²) in [6, 6.07) is 18.0. The summed E-state index contributed by atoms with van der Waals surface area (Å²) in [5.41, 5.74) is 1.21. The molecule has 0 saturated carbocycles. The number of hydrogen-bond donors (Lipinski definition) is 1. The maximum Gasteiger partial charge on any atom is 0.226 e. The molecule has 0 bridgehead atoms. The van der Waals surface area contributed by atoms with E-state index in [9.17, 15) is 9.18 Å². The first kappa shape index (κ1) is 18.9. The van der Waals surface area contributed by atoms with E-state index < -0.39 is 5.82 Å². The summed E-state index contributed by atoms with van der Waals surface area (Å²) in [4.78, 5) is 15.6. The second kappa shape index (κ2) is 9.19. The highest BCUT2D eigenvalue weighted by atomic mass is 32.1. The van der Waals surface area contributed by atoms with Crippen molar-refractivity contribution in [2.75, 3.05) is 23.9 Å². The summed E-state index contributed by atoms with van der Waals surface area (Å²) in [5, 5.41) is 4.67. The normalized spacial score (nSPS) is 10.4. The zero-order valence-electron chi connectivity index (χ0n) is 15.0. The fraction of sp³-hybridized carbons (Fsp3) is 0.190. The number of para-hydroxylation sites is 1. The first-order chi connectivity index (χ1) is 13.2. The van der Waals surface area contributed by atoms with Crippen LogP contribution in [0.4, 0.5) is 15.8 Å². The Kier molecular flexibility index (Phi) is 6.44. The molecule has 27 heavy (non-hydrogen) atoms. The van der Waals surface area contributed by atoms with Crippen LogP contribution in [0.25, 0.3) is 0 Å². The van der Waals surface area contributed by atoms with Gasteiger partial charge in [-0.2, -0.15) is 0 Å². The van der Waals surface area contributed by atoms with Gasteiger partial charge in [-0.3, -0.25) is 4.79 Å². The van der Waals surface area contributed by atoms with Gasteiger partial charge in [0.1, 0.15) is 11.6 Å². The zero-order valence-corrected chi connectivity index (χ0v) is 15.8. The van der Waals surface area contributed by atoms with E-state index in [0.717, 1.165) is 11.4 Å². The van der Waals surface area contributed by atoms with Gasteiger partial charge in [0, 0.05) is 23.5 Å². The van der Waals surface area contributed by atoms with E-state index in [-0.39, 0.29) is 18.0 Å². The number of carbonyl (C=O) groups excluding carboxylic acids is 1. The van der Waals surface area contributed by atoms with E-state index in [2.05, 4.69) is 16.3 Å². The topological polar surface area (TPSA) is 41.6 Å². The minimum atomic E-state index is -0.434. The minimum absolute atomic E-state index is 0.205. The Balaban J connectivity index is 1.67. The van der Waals surface area contributed by atoms with Gasteiger partial charge in [-0.15, -0.1) is 11.3 Å². The average Bonchev–Trinajstić information content (AvgIpc) is 3.20. The molecule has 0 aliphatic rings. The number of rotatable bonds is 8. The molecule has 1 aromatic heterocycles. The lowest BCUT2D eigenvalue weighted by Crippen LogP contribution is -2.27. The third kappa shape index (κ3) is 5.31. The van der Waals surface area contributed by atoms with Crippen LogP contribution in [0.15, 0.2) is 66.0 Å². The first-order valence-corrected chi connectivity index (χ1v) is 9.49. The van der Waals surface area contributed by atoms with Crippen LogP contribution in [-0.4, -0.2) is 19.6 Å². The van der Waals surface area contributed by atoms with Crippen molar-refractivity contribution in [2.45, 2.75) is 13.0 Å². The number of ether oxygens (including phenoxy) is 1. The van der Waals surface area contributed by atoms with E-state index in [4.69, 9.17) is 4.74 Å². The largest absolute Gasteiger partial charge is 0.497 e. The molecule has 0 saturated heterocycles. The van der Waals surface area contributed by atoms with E-state index in [1.165, 1.54) is 10.9 Å². The van der Waals surface area contributed by atoms with Gasteiger partial charge < -0.3 is 15.0 Å². The average molecular weight is 384 g/mol. The summed E-state index contributed by atoms with van der Waals surface area (Å²) < 4.78 is 18.9. The van der Waals surface area contributed by atoms with Crippen LogP contribution in [0.3, 0.4) is 0 Å². The molecule has 0 spiro atoms. The Bertz CT molecular complexity index is 866. The van der Waals surface area contributed by atoms with E-state index in [1.54, 1.807) is 36.6 Å². The number of carbonyl (C=O) groups is 1. The van der Waals surface area contributed by atoms with Gasteiger partial charge in [0.2, 0.25) is 5.91 Å². The summed E-state index contributed by atoms with van der Waals surface area (Å²) in [6.45, 7) is 1.22. The number of nitrogens with zero attached hydrogens (tertiary/aromatic N) is 1. The number of thiophene rings is 1. The van der Waals surface area contributed by atoms with E-state index in [1.807, 2.05) is 35.7 Å². The molecular formula is C21H21FN2O2S. The van der Waals surface area contributed by atoms with Crippen LogP contribution in [0.2, 0.25) is 0 Å². The summed E-state index contributed by atoms with van der Waals surface area (Å²) in [5.74, 6) is 0.133. The second-order valence-electron chi connectivity index (χ2n) is 5.98. The predicted molar refractivity (Wildman–Crippen MR) is 108 cm³/mol. The number of anilines is 2. The molecule has 6 heteroatoms. The zero-order chi connectivity index (χ0) is 19.1. The second-order valence-corrected chi connectivity index (χ2v) is 7.01. The monoisotopic (exact) mass is 384 g/mol. The lowest BCUT2D eigenvalue weighted by molar-refractivity contribution is -0.116. The Labute approximate surface area is 162 Å². The van der Waals surface area contributed by atoms with Crippen molar-refractivity contribution in [2.24, 2.45) is 0 Å². The number of benzene rings is 2. The van der Waals surface area contributed by atoms with Gasteiger partial charge in [0.05, 0.1) is 19.3 Å². The van der Waals surface area contributed by atoms with Crippen LogP contribution < -0.4 is 15.0 Å². The standard InChI is InChI=1S/C21H21FN2O2S/c1-26-17-10-8-16(9-11-17)24(15-18-5-4-14-27-18)13-12-21(25)23-20-7-3-2-6-19(20)22/h2-11,14H,12-13,15H2,1H3,(H,23,25). The quantitative estimate of drug-likeness (QED) is 0.599. The fourth-order valence-corrected chi connectivity index (χ4v) is 3.41. The molecule has 0 fully saturated rings. The summed E-state index contributed by atoms with van der Waals surface area (Å²) in [6.07, 6.45) is 0.256. The third-order valence-electron chi connectivity index (χ3n) is 4.12. The van der Waals surface area contributed by atoms with Crippen molar-refractivity contribution in [3.8, 4) is 5.75 Å². The highest BCUT2D eigenvalue weighted by molar-refractivity contribution is 7.09. The van der Waals surface area contributed by atoms with Crippen molar-refractivity contribution in [3.63, 3.8) is 0 Å². The molecule has 2 aromatic carbocycles. The summed E-state index contributed by atoms with van der Waals surface area (Å²) >= 11 is 1.68. The van der Waals surface area contributed by atoms with Crippen molar-refractivity contribution in [1.29, 1.82) is 0 Å². The third-order valence-corrected chi connectivity index (χ3v) is 4.98. The van der Waals surface area contributed by atoms with Crippen LogP contribution in [0.5, 0.6) is 5.75 Å². The van der Waals surface area contributed by atoms with Crippen molar-refractivity contribution in [1.82, 2.24) is 0 Å². The number of methoxy groups -OCH3 is 1. The molecule has 3 aromatic rings. The SMILES string of the molecule is COc1ccc(N(CCC(=O)Nc2ccccc2F)Cc2cccs2)cc1. The summed E-state index contributed by atoms with van der Waals surface area (Å²) in [7, 11) is 1.63. The Morgan fingerprint density at radius 2 is 1.89 bits per heavy atom.